The molecule has 0 bridgehead atoms. The van der Waals surface area contributed by atoms with E-state index in [9.17, 15) is 19.2 Å². The highest BCUT2D eigenvalue weighted by atomic mass is 32.1. The number of ether oxygens (including phenoxy) is 2. The number of allylic oxidation sites excluding steroid dienone is 1. The lowest BCUT2D eigenvalue weighted by atomic mass is 9.96. The van der Waals surface area contributed by atoms with E-state index in [4.69, 9.17) is 13.9 Å². The van der Waals surface area contributed by atoms with Gasteiger partial charge in [-0.3, -0.25) is 14.2 Å². The van der Waals surface area contributed by atoms with Crippen LogP contribution in [0.1, 0.15) is 80.6 Å². The van der Waals surface area contributed by atoms with Crippen LogP contribution in [-0.4, -0.2) is 35.6 Å². The zero-order valence-electron chi connectivity index (χ0n) is 26.5. The molecule has 4 heterocycles. The fraction of sp³-hybridized carbons (Fsp3) is 0.306. The molecule has 0 radical (unpaired) electrons. The van der Waals surface area contributed by atoms with E-state index in [1.54, 1.807) is 49.1 Å². The molecule has 0 unspecified atom stereocenters. The molecule has 10 nitrogen and oxygen atoms in total. The highest BCUT2D eigenvalue weighted by molar-refractivity contribution is 7.07. The lowest BCUT2D eigenvalue weighted by Crippen LogP contribution is -2.41. The minimum Gasteiger partial charge on any atom is -0.463 e. The number of benzene rings is 2. The van der Waals surface area contributed by atoms with Gasteiger partial charge in [-0.1, -0.05) is 74.3 Å². The number of carbonyl (C=O) groups is 3. The van der Waals surface area contributed by atoms with E-state index < -0.39 is 23.5 Å². The summed E-state index contributed by atoms with van der Waals surface area (Å²) in [6, 6.07) is 16.3. The molecule has 0 N–H and O–H groups in total. The molecule has 11 heteroatoms. The van der Waals surface area contributed by atoms with Crippen LogP contribution in [0.15, 0.2) is 92.4 Å². The molecule has 0 saturated heterocycles. The highest BCUT2D eigenvalue weighted by Gasteiger charge is 2.37. The number of carbonyl (C=O) groups excluding carboxylic acids is 3. The number of para-hydroxylation sites is 1. The number of amides is 1. The molecule has 242 valence electrons. The van der Waals surface area contributed by atoms with Gasteiger partial charge in [-0.05, 0) is 56.2 Å². The van der Waals surface area contributed by atoms with E-state index in [-0.39, 0.29) is 34.1 Å². The van der Waals surface area contributed by atoms with Gasteiger partial charge in [0.2, 0.25) is 5.76 Å². The van der Waals surface area contributed by atoms with E-state index in [2.05, 4.69) is 11.9 Å². The van der Waals surface area contributed by atoms with Crippen LogP contribution in [0.25, 0.3) is 5.57 Å². The Hall–Kier alpha value is -5.03. The first-order chi connectivity index (χ1) is 22.8. The van der Waals surface area contributed by atoms with Crippen molar-refractivity contribution >= 4 is 40.4 Å². The molecule has 6 rings (SSSR count). The number of unbranched alkanes of at least 4 members (excludes halogenated alkanes) is 4. The SMILES string of the molecule is CCCCCCCN1C(=O)/C(=c2\sc3n(c2=O)[C@H](c2ccc(OC(=O)c4ccco4)cc2)C(C(=O)OCC)=C(C)N=3)c2ccccc21. The fourth-order valence-corrected chi connectivity index (χ4v) is 7.16. The Labute approximate surface area is 275 Å². The maximum absolute atomic E-state index is 14.4. The van der Waals surface area contributed by atoms with E-state index in [0.29, 0.717) is 33.7 Å². The number of hydrogen-bond donors (Lipinski definition) is 0. The number of rotatable bonds is 11. The zero-order chi connectivity index (χ0) is 33.1. The van der Waals surface area contributed by atoms with Crippen molar-refractivity contribution in [2.24, 2.45) is 4.99 Å². The zero-order valence-corrected chi connectivity index (χ0v) is 27.3. The lowest BCUT2D eigenvalue weighted by Gasteiger charge is -2.24. The van der Waals surface area contributed by atoms with E-state index in [1.165, 1.54) is 16.9 Å². The average molecular weight is 654 g/mol. The molecule has 47 heavy (non-hydrogen) atoms. The molecule has 0 spiro atoms. The molecule has 0 aliphatic carbocycles. The lowest BCUT2D eigenvalue weighted by molar-refractivity contribution is -0.139. The summed E-state index contributed by atoms with van der Waals surface area (Å²) in [5.41, 5.74) is 2.60. The summed E-state index contributed by atoms with van der Waals surface area (Å²) >= 11 is 1.14. The van der Waals surface area contributed by atoms with Gasteiger partial charge < -0.3 is 18.8 Å². The quantitative estimate of drug-likeness (QED) is 0.122. The van der Waals surface area contributed by atoms with E-state index in [0.717, 1.165) is 49.1 Å². The Morgan fingerprint density at radius 1 is 0.936 bits per heavy atom. The van der Waals surface area contributed by atoms with Gasteiger partial charge in [0.15, 0.2) is 4.80 Å². The third-order valence-electron chi connectivity index (χ3n) is 8.26. The van der Waals surface area contributed by atoms with Crippen LogP contribution in [0.4, 0.5) is 5.69 Å². The van der Waals surface area contributed by atoms with Gasteiger partial charge in [-0.15, -0.1) is 0 Å². The molecule has 1 atom stereocenters. The molecule has 2 aliphatic heterocycles. The maximum atomic E-state index is 14.4. The van der Waals surface area contributed by atoms with Crippen molar-refractivity contribution in [2.45, 2.75) is 58.9 Å². The standard InChI is InChI=1S/C36H35N3O7S/c1-4-6-7-8-11-20-38-26-14-10-9-13-25(26)29(32(38)40)31-33(41)39-30(28(35(43)44-5-2)22(3)37-36(39)47-31)23-16-18-24(19-17-23)46-34(42)27-15-12-21-45-27/h9-10,12-19,21,30H,4-8,11,20H2,1-3H3/b31-29-/t30-/m1/s1. The van der Waals surface area contributed by atoms with Crippen molar-refractivity contribution in [1.29, 1.82) is 0 Å². The number of aromatic nitrogens is 1. The third kappa shape index (κ3) is 6.10. The van der Waals surface area contributed by atoms with Gasteiger partial charge in [-0.2, -0.15) is 0 Å². The second kappa shape index (κ2) is 13.8. The summed E-state index contributed by atoms with van der Waals surface area (Å²) in [5, 5.41) is 0. The number of thiazole rings is 1. The van der Waals surface area contributed by atoms with Gasteiger partial charge in [0.25, 0.3) is 11.5 Å². The van der Waals surface area contributed by atoms with E-state index >= 15 is 0 Å². The predicted octanol–water partition coefficient (Wildman–Crippen LogP) is 5.30. The number of fused-ring (bicyclic) bond motifs is 2. The molecule has 1 amide bonds. The smallest absolute Gasteiger partial charge is 0.379 e. The second-order valence-electron chi connectivity index (χ2n) is 11.3. The largest absolute Gasteiger partial charge is 0.463 e. The van der Waals surface area contributed by atoms with Gasteiger partial charge in [0.05, 0.1) is 41.4 Å². The van der Waals surface area contributed by atoms with Crippen molar-refractivity contribution in [3.8, 4) is 5.75 Å². The van der Waals surface area contributed by atoms with Crippen LogP contribution in [0.5, 0.6) is 5.75 Å². The molecule has 2 aromatic heterocycles. The van der Waals surface area contributed by atoms with Crippen LogP contribution in [0, 0.1) is 0 Å². The van der Waals surface area contributed by atoms with Crippen LogP contribution >= 0.6 is 11.3 Å². The molecule has 2 aliphatic rings. The molecular weight excluding hydrogens is 618 g/mol. The minimum absolute atomic E-state index is 0.0590. The van der Waals surface area contributed by atoms with Crippen molar-refractivity contribution in [3.63, 3.8) is 0 Å². The Morgan fingerprint density at radius 3 is 2.43 bits per heavy atom. The number of esters is 2. The third-order valence-corrected chi connectivity index (χ3v) is 9.31. The first-order valence-corrected chi connectivity index (χ1v) is 16.6. The van der Waals surface area contributed by atoms with E-state index in [1.807, 2.05) is 24.3 Å². The van der Waals surface area contributed by atoms with Gasteiger partial charge in [-0.25, -0.2) is 14.6 Å². The van der Waals surface area contributed by atoms with Gasteiger partial charge in [0, 0.05) is 12.1 Å². The first-order valence-electron chi connectivity index (χ1n) is 15.8. The van der Waals surface area contributed by atoms with Gasteiger partial charge >= 0.3 is 11.9 Å². The van der Waals surface area contributed by atoms with Crippen LogP contribution in [0.2, 0.25) is 0 Å². The molecule has 2 aromatic carbocycles. The molecule has 0 saturated carbocycles. The Bertz CT molecular complexity index is 2040. The molecular formula is C36H35N3O7S. The average Bonchev–Trinajstić information content (AvgIpc) is 3.78. The number of nitrogens with zero attached hydrogens (tertiary/aromatic N) is 3. The minimum atomic E-state index is -0.893. The van der Waals surface area contributed by atoms with Gasteiger partial charge in [0.1, 0.15) is 10.3 Å². The summed E-state index contributed by atoms with van der Waals surface area (Å²) in [6.45, 7) is 6.28. The molecule has 4 aromatic rings. The number of hydrogen-bond acceptors (Lipinski definition) is 9. The summed E-state index contributed by atoms with van der Waals surface area (Å²) in [5.74, 6) is -1.15. The topological polar surface area (TPSA) is 120 Å². The second-order valence-corrected chi connectivity index (χ2v) is 12.3. The monoisotopic (exact) mass is 653 g/mol. The number of anilines is 1. The van der Waals surface area contributed by atoms with Crippen molar-refractivity contribution in [1.82, 2.24) is 4.57 Å². The van der Waals surface area contributed by atoms with Crippen LogP contribution in [-0.2, 0) is 14.3 Å². The summed E-state index contributed by atoms with van der Waals surface area (Å²) in [6.07, 6.45) is 6.67. The first kappa shape index (κ1) is 31.9. The van der Waals surface area contributed by atoms with Crippen LogP contribution < -0.4 is 24.5 Å². The Kier molecular flexibility index (Phi) is 9.35. The van der Waals surface area contributed by atoms with Crippen LogP contribution in [0.3, 0.4) is 0 Å². The Balaban J connectivity index is 1.43. The van der Waals surface area contributed by atoms with Crippen molar-refractivity contribution < 1.29 is 28.3 Å². The summed E-state index contributed by atoms with van der Waals surface area (Å²) in [7, 11) is 0. The molecule has 0 fully saturated rings. The summed E-state index contributed by atoms with van der Waals surface area (Å²) < 4.78 is 17.7. The predicted molar refractivity (Wildman–Crippen MR) is 177 cm³/mol. The number of furan rings is 1. The highest BCUT2D eigenvalue weighted by Crippen LogP contribution is 2.36. The van der Waals surface area contributed by atoms with Crippen molar-refractivity contribution in [2.75, 3.05) is 18.1 Å². The normalized spacial score (nSPS) is 16.5. The fourth-order valence-electron chi connectivity index (χ4n) is 6.02. The summed E-state index contributed by atoms with van der Waals surface area (Å²) in [4.78, 5) is 61.0. The Morgan fingerprint density at radius 2 is 1.70 bits per heavy atom. The maximum Gasteiger partial charge on any atom is 0.379 e. The van der Waals surface area contributed by atoms with Crippen molar-refractivity contribution in [3.05, 3.63) is 115 Å².